The number of hydrogen-bond acceptors (Lipinski definition) is 3. The Morgan fingerprint density at radius 1 is 0.907 bits per heavy atom. The SMILES string of the molecule is CCC1C(O)C2C(CC[C@]3(C)C(C(C)CC=C(c4ccccc4)c4ccccc4)CCC23)[C@@]2(C)CCC(OC(C)=O)CC12. The fraction of sp³-hybridized carbons (Fsp3) is 0.625. The third-order valence-electron chi connectivity index (χ3n) is 13.3. The van der Waals surface area contributed by atoms with E-state index in [2.05, 4.69) is 94.4 Å². The van der Waals surface area contributed by atoms with E-state index in [1.165, 1.54) is 49.3 Å². The highest BCUT2D eigenvalue weighted by Gasteiger charge is 2.65. The fourth-order valence-corrected chi connectivity index (χ4v) is 11.4. The van der Waals surface area contributed by atoms with Crippen LogP contribution in [0, 0.1) is 52.3 Å². The second kappa shape index (κ2) is 12.2. The van der Waals surface area contributed by atoms with Crippen molar-refractivity contribution in [2.75, 3.05) is 0 Å². The molecule has 0 radical (unpaired) electrons. The highest BCUT2D eigenvalue weighted by atomic mass is 16.5. The van der Waals surface area contributed by atoms with Crippen molar-refractivity contribution in [2.24, 2.45) is 52.3 Å². The molecule has 3 heteroatoms. The molecule has 232 valence electrons. The van der Waals surface area contributed by atoms with Gasteiger partial charge in [-0.2, -0.15) is 0 Å². The van der Waals surface area contributed by atoms with Crippen LogP contribution in [0.15, 0.2) is 66.7 Å². The maximum atomic E-state index is 12.2. The predicted octanol–water partition coefficient (Wildman–Crippen LogP) is 9.34. The summed E-state index contributed by atoms with van der Waals surface area (Å²) >= 11 is 0. The number of esters is 1. The summed E-state index contributed by atoms with van der Waals surface area (Å²) in [5, 5.41) is 12.2. The topological polar surface area (TPSA) is 46.5 Å². The van der Waals surface area contributed by atoms with Crippen LogP contribution in [-0.2, 0) is 9.53 Å². The van der Waals surface area contributed by atoms with Crippen molar-refractivity contribution in [2.45, 2.75) is 105 Å². The summed E-state index contributed by atoms with van der Waals surface area (Å²) in [5.74, 6) is 3.41. The molecule has 3 nitrogen and oxygen atoms in total. The molecule has 4 aliphatic rings. The van der Waals surface area contributed by atoms with Crippen molar-refractivity contribution in [3.63, 3.8) is 0 Å². The van der Waals surface area contributed by atoms with Gasteiger partial charge in [0.25, 0.3) is 0 Å². The number of fused-ring (bicyclic) bond motifs is 5. The van der Waals surface area contributed by atoms with Gasteiger partial charge in [-0.15, -0.1) is 0 Å². The minimum atomic E-state index is -0.245. The lowest BCUT2D eigenvalue weighted by atomic mass is 9.41. The van der Waals surface area contributed by atoms with Crippen molar-refractivity contribution < 1.29 is 14.6 Å². The number of aliphatic hydroxyl groups excluding tert-OH is 1. The zero-order chi connectivity index (χ0) is 30.4. The summed E-state index contributed by atoms with van der Waals surface area (Å²) in [6.07, 6.45) is 12.4. The van der Waals surface area contributed by atoms with Gasteiger partial charge in [-0.25, -0.2) is 0 Å². The van der Waals surface area contributed by atoms with Crippen LogP contribution in [0.2, 0.25) is 0 Å². The lowest BCUT2D eigenvalue weighted by Gasteiger charge is -2.64. The fourth-order valence-electron chi connectivity index (χ4n) is 11.4. The summed E-state index contributed by atoms with van der Waals surface area (Å²) in [4.78, 5) is 11.8. The number of carbonyl (C=O) groups excluding carboxylic acids is 1. The van der Waals surface area contributed by atoms with Crippen LogP contribution in [0.5, 0.6) is 0 Å². The zero-order valence-electron chi connectivity index (χ0n) is 27.2. The zero-order valence-corrected chi connectivity index (χ0v) is 27.2. The molecule has 0 aliphatic heterocycles. The van der Waals surface area contributed by atoms with Crippen LogP contribution in [0.25, 0.3) is 5.57 Å². The Morgan fingerprint density at radius 2 is 1.51 bits per heavy atom. The number of benzene rings is 2. The Morgan fingerprint density at radius 3 is 2.12 bits per heavy atom. The van der Waals surface area contributed by atoms with Gasteiger partial charge in [-0.1, -0.05) is 101 Å². The summed E-state index contributed by atoms with van der Waals surface area (Å²) in [5.41, 5.74) is 4.44. The van der Waals surface area contributed by atoms with E-state index >= 15 is 0 Å². The molecule has 4 fully saturated rings. The van der Waals surface area contributed by atoms with Gasteiger partial charge in [-0.3, -0.25) is 4.79 Å². The number of hydrogen-bond donors (Lipinski definition) is 1. The number of ether oxygens (including phenoxy) is 1. The molecule has 11 atom stereocenters. The molecule has 4 aliphatic carbocycles. The van der Waals surface area contributed by atoms with Gasteiger partial charge in [0, 0.05) is 6.92 Å². The minimum absolute atomic E-state index is 0.0173. The Hall–Kier alpha value is -2.39. The van der Waals surface area contributed by atoms with E-state index in [-0.39, 0.29) is 29.0 Å². The van der Waals surface area contributed by atoms with E-state index < -0.39 is 0 Å². The number of carbonyl (C=O) groups is 1. The van der Waals surface area contributed by atoms with Crippen LogP contribution >= 0.6 is 0 Å². The first kappa shape index (κ1) is 30.6. The van der Waals surface area contributed by atoms with Crippen molar-refractivity contribution in [1.29, 1.82) is 0 Å². The van der Waals surface area contributed by atoms with Crippen molar-refractivity contribution in [3.8, 4) is 0 Å². The van der Waals surface area contributed by atoms with E-state index in [0.29, 0.717) is 41.4 Å². The van der Waals surface area contributed by atoms with Gasteiger partial charge in [0.15, 0.2) is 0 Å². The Balaban J connectivity index is 1.24. The lowest BCUT2D eigenvalue weighted by Crippen LogP contribution is -2.62. The van der Waals surface area contributed by atoms with Gasteiger partial charge >= 0.3 is 5.97 Å². The van der Waals surface area contributed by atoms with Gasteiger partial charge in [0.05, 0.1) is 6.10 Å². The van der Waals surface area contributed by atoms with Crippen LogP contribution in [-0.4, -0.2) is 23.3 Å². The van der Waals surface area contributed by atoms with E-state index in [1.54, 1.807) is 0 Å². The molecular weight excluding hydrogens is 528 g/mol. The number of rotatable bonds is 7. The molecule has 2 aromatic rings. The molecule has 43 heavy (non-hydrogen) atoms. The predicted molar refractivity (Wildman–Crippen MR) is 175 cm³/mol. The van der Waals surface area contributed by atoms with Gasteiger partial charge in [-0.05, 0) is 120 Å². The average molecular weight is 583 g/mol. The second-order valence-corrected chi connectivity index (χ2v) is 15.3. The molecule has 4 saturated carbocycles. The third kappa shape index (κ3) is 5.43. The first-order valence-electron chi connectivity index (χ1n) is 17.3. The van der Waals surface area contributed by atoms with Gasteiger partial charge in [0.2, 0.25) is 0 Å². The highest BCUT2D eigenvalue weighted by molar-refractivity contribution is 5.79. The number of aliphatic hydroxyl groups is 1. The molecule has 0 amide bonds. The molecule has 0 saturated heterocycles. The average Bonchev–Trinajstić information content (AvgIpc) is 3.36. The van der Waals surface area contributed by atoms with E-state index in [0.717, 1.165) is 32.1 Å². The lowest BCUT2D eigenvalue weighted by molar-refractivity contribution is -0.207. The standard InChI is InChI=1S/C40H54O3/c1-6-31-36-25-30(43-27(3)41)21-23-40(36,5)35-22-24-39(4)33(19-20-34(39)37(35)38(31)42)26(2)17-18-32(28-13-9-7-10-14-28)29-15-11-8-12-16-29/h7-16,18,26,30-31,33-38,42H,6,17,19-25H2,1-5H3/t26?,30?,31?,33?,34?,35?,36?,37?,38?,39-,40-/m1/s1. The molecule has 1 N–H and O–H groups in total. The first-order valence-corrected chi connectivity index (χ1v) is 17.3. The molecule has 0 spiro atoms. The Kier molecular flexibility index (Phi) is 8.68. The summed E-state index contributed by atoms with van der Waals surface area (Å²) < 4.78 is 5.75. The molecule has 0 bridgehead atoms. The van der Waals surface area contributed by atoms with E-state index in [9.17, 15) is 9.90 Å². The quantitative estimate of drug-likeness (QED) is 0.331. The summed E-state index contributed by atoms with van der Waals surface area (Å²) in [6.45, 7) is 11.4. The van der Waals surface area contributed by atoms with Crippen LogP contribution in [0.3, 0.4) is 0 Å². The van der Waals surface area contributed by atoms with Crippen LogP contribution in [0.4, 0.5) is 0 Å². The van der Waals surface area contributed by atoms with Gasteiger partial charge in [0.1, 0.15) is 6.10 Å². The van der Waals surface area contributed by atoms with Crippen molar-refractivity contribution >= 4 is 11.5 Å². The molecule has 6 rings (SSSR count). The van der Waals surface area contributed by atoms with E-state index in [1.807, 2.05) is 0 Å². The molecule has 0 aromatic heterocycles. The molecule has 9 unspecified atom stereocenters. The minimum Gasteiger partial charge on any atom is -0.463 e. The third-order valence-corrected chi connectivity index (χ3v) is 13.3. The number of allylic oxidation sites excluding steroid dienone is 1. The monoisotopic (exact) mass is 582 g/mol. The largest absolute Gasteiger partial charge is 0.463 e. The van der Waals surface area contributed by atoms with Gasteiger partial charge < -0.3 is 9.84 Å². The van der Waals surface area contributed by atoms with E-state index in [4.69, 9.17) is 4.74 Å². The summed E-state index contributed by atoms with van der Waals surface area (Å²) in [7, 11) is 0. The first-order chi connectivity index (χ1) is 20.7. The second-order valence-electron chi connectivity index (χ2n) is 15.3. The molecular formula is C40H54O3. The summed E-state index contributed by atoms with van der Waals surface area (Å²) in [6, 6.07) is 21.7. The Labute approximate surface area is 260 Å². The van der Waals surface area contributed by atoms with Crippen molar-refractivity contribution in [1.82, 2.24) is 0 Å². The molecule has 2 aromatic carbocycles. The van der Waals surface area contributed by atoms with Crippen LogP contribution in [0.1, 0.15) is 104 Å². The maximum Gasteiger partial charge on any atom is 0.302 e. The normalized spacial score (nSPS) is 39.1. The smallest absolute Gasteiger partial charge is 0.302 e. The molecule has 0 heterocycles. The maximum absolute atomic E-state index is 12.2. The highest BCUT2D eigenvalue weighted by Crippen LogP contribution is 2.69. The van der Waals surface area contributed by atoms with Crippen molar-refractivity contribution in [3.05, 3.63) is 77.9 Å². The Bertz CT molecular complexity index is 1240. The van der Waals surface area contributed by atoms with Crippen LogP contribution < -0.4 is 0 Å².